The minimum absolute atomic E-state index is 0.188. The van der Waals surface area contributed by atoms with Gasteiger partial charge in [0.1, 0.15) is 5.82 Å². The number of hydrogen-bond donors (Lipinski definition) is 0. The number of hydrogen-bond acceptors (Lipinski definition) is 3. The molecule has 2 aliphatic rings. The van der Waals surface area contributed by atoms with Crippen molar-refractivity contribution < 1.29 is 4.79 Å². The van der Waals surface area contributed by atoms with Gasteiger partial charge in [0.25, 0.3) is 0 Å². The number of carbonyl (C=O) groups excluding carboxylic acids is 1. The van der Waals surface area contributed by atoms with Crippen LogP contribution in [0.3, 0.4) is 0 Å². The Bertz CT molecular complexity index is 819. The number of anilines is 1. The second-order valence-electron chi connectivity index (χ2n) is 7.43. The lowest BCUT2D eigenvalue weighted by Gasteiger charge is -2.28. The molecule has 0 radical (unpaired) electrons. The minimum Gasteiger partial charge on any atom is -0.355 e. The molecule has 2 fully saturated rings. The highest BCUT2D eigenvalue weighted by Crippen LogP contribution is 2.50. The third-order valence-corrected chi connectivity index (χ3v) is 5.83. The van der Waals surface area contributed by atoms with Crippen LogP contribution in [0.25, 0.3) is 0 Å². The number of amides is 1. The van der Waals surface area contributed by atoms with Crippen LogP contribution in [0.1, 0.15) is 23.6 Å². The van der Waals surface area contributed by atoms with Gasteiger partial charge in [0.05, 0.1) is 5.41 Å². The summed E-state index contributed by atoms with van der Waals surface area (Å²) in [5.41, 5.74) is 1.89. The number of aromatic nitrogens is 1. The zero-order chi connectivity index (χ0) is 18.1. The molecule has 1 amide bonds. The number of likely N-dealkylation sites (tertiary alicyclic amines) is 1. The Labute approximate surface area is 155 Å². The van der Waals surface area contributed by atoms with E-state index in [-0.39, 0.29) is 17.2 Å². The summed E-state index contributed by atoms with van der Waals surface area (Å²) in [5, 5.41) is 0. The third kappa shape index (κ3) is 2.70. The van der Waals surface area contributed by atoms with Crippen molar-refractivity contribution in [2.24, 2.45) is 5.41 Å². The average Bonchev–Trinajstić information content (AvgIpc) is 3.20. The van der Waals surface area contributed by atoms with E-state index in [0.29, 0.717) is 6.54 Å². The van der Waals surface area contributed by atoms with Crippen molar-refractivity contribution in [2.45, 2.75) is 19.3 Å². The Morgan fingerprint density at radius 3 is 2.77 bits per heavy atom. The van der Waals surface area contributed by atoms with E-state index in [1.54, 1.807) is 0 Å². The molecule has 1 aromatic heterocycles. The topological polar surface area (TPSA) is 36.4 Å². The SMILES string of the molecule is C=CCN1CC[C@@]2(CN(c3cccc(C)n3)C[C@@H]2c2ccccc2)C1=O. The van der Waals surface area contributed by atoms with Gasteiger partial charge in [-0.05, 0) is 31.0 Å². The van der Waals surface area contributed by atoms with Gasteiger partial charge >= 0.3 is 0 Å². The molecule has 134 valence electrons. The van der Waals surface area contributed by atoms with Crippen LogP contribution in [-0.4, -0.2) is 42.0 Å². The fourth-order valence-corrected chi connectivity index (χ4v) is 4.56. The van der Waals surface area contributed by atoms with E-state index >= 15 is 0 Å². The van der Waals surface area contributed by atoms with Gasteiger partial charge in [-0.2, -0.15) is 0 Å². The number of rotatable bonds is 4. The van der Waals surface area contributed by atoms with Gasteiger partial charge in [-0.25, -0.2) is 4.98 Å². The molecule has 0 aliphatic carbocycles. The zero-order valence-electron chi connectivity index (χ0n) is 15.3. The molecule has 0 saturated carbocycles. The largest absolute Gasteiger partial charge is 0.355 e. The second-order valence-corrected chi connectivity index (χ2v) is 7.43. The molecule has 2 saturated heterocycles. The highest BCUT2D eigenvalue weighted by Gasteiger charge is 2.57. The molecule has 4 rings (SSSR count). The minimum atomic E-state index is -0.365. The van der Waals surface area contributed by atoms with Crippen LogP contribution in [-0.2, 0) is 4.79 Å². The summed E-state index contributed by atoms with van der Waals surface area (Å²) in [4.78, 5) is 22.3. The van der Waals surface area contributed by atoms with Gasteiger partial charge in [-0.15, -0.1) is 6.58 Å². The maximum Gasteiger partial charge on any atom is 0.231 e. The van der Waals surface area contributed by atoms with Gasteiger partial charge in [0.2, 0.25) is 5.91 Å². The van der Waals surface area contributed by atoms with E-state index in [9.17, 15) is 4.79 Å². The van der Waals surface area contributed by atoms with Crippen LogP contribution in [0.5, 0.6) is 0 Å². The Morgan fingerprint density at radius 1 is 1.23 bits per heavy atom. The van der Waals surface area contributed by atoms with E-state index in [2.05, 4.69) is 41.8 Å². The van der Waals surface area contributed by atoms with Crippen LogP contribution in [0.2, 0.25) is 0 Å². The first kappa shape index (κ1) is 16.8. The van der Waals surface area contributed by atoms with Crippen molar-refractivity contribution in [1.82, 2.24) is 9.88 Å². The van der Waals surface area contributed by atoms with Gasteiger partial charge in [0.15, 0.2) is 0 Å². The molecule has 4 heteroatoms. The Balaban J connectivity index is 1.73. The molecule has 26 heavy (non-hydrogen) atoms. The lowest BCUT2D eigenvalue weighted by molar-refractivity contribution is -0.135. The summed E-state index contributed by atoms with van der Waals surface area (Å²) in [6.45, 7) is 8.82. The first-order valence-corrected chi connectivity index (χ1v) is 9.28. The average molecular weight is 347 g/mol. The molecule has 2 aliphatic heterocycles. The van der Waals surface area contributed by atoms with Crippen molar-refractivity contribution >= 4 is 11.7 Å². The van der Waals surface area contributed by atoms with E-state index in [1.165, 1.54) is 5.56 Å². The van der Waals surface area contributed by atoms with E-state index in [4.69, 9.17) is 4.98 Å². The Hall–Kier alpha value is -2.62. The van der Waals surface area contributed by atoms with Gasteiger partial charge in [-0.3, -0.25) is 4.79 Å². The predicted octanol–water partition coefficient (Wildman–Crippen LogP) is 3.40. The Kier molecular flexibility index (Phi) is 4.27. The standard InChI is InChI=1S/C22H25N3O/c1-3-13-24-14-12-22(21(24)26)16-25(20-11-7-8-17(2)23-20)15-19(22)18-9-5-4-6-10-18/h3-11,19H,1,12-16H2,2H3/t19-,22+/m1/s1. The molecule has 0 bridgehead atoms. The summed E-state index contributed by atoms with van der Waals surface area (Å²) in [6, 6.07) is 16.6. The quantitative estimate of drug-likeness (QED) is 0.796. The molecule has 1 spiro atoms. The first-order valence-electron chi connectivity index (χ1n) is 9.28. The maximum absolute atomic E-state index is 13.4. The fraction of sp³-hybridized carbons (Fsp3) is 0.364. The molecule has 0 unspecified atom stereocenters. The maximum atomic E-state index is 13.4. The molecule has 4 nitrogen and oxygen atoms in total. The summed E-state index contributed by atoms with van der Waals surface area (Å²) in [5.74, 6) is 1.42. The van der Waals surface area contributed by atoms with Gasteiger partial charge in [-0.1, -0.05) is 42.5 Å². The lowest BCUT2D eigenvalue weighted by atomic mass is 9.73. The summed E-state index contributed by atoms with van der Waals surface area (Å²) >= 11 is 0. The predicted molar refractivity (Wildman–Crippen MR) is 104 cm³/mol. The second kappa shape index (κ2) is 6.60. The number of pyridine rings is 1. The van der Waals surface area contributed by atoms with Crippen LogP contribution in [0, 0.1) is 12.3 Å². The molecular formula is C22H25N3O. The van der Waals surface area contributed by atoms with Crippen molar-refractivity contribution in [2.75, 3.05) is 31.1 Å². The smallest absolute Gasteiger partial charge is 0.231 e. The van der Waals surface area contributed by atoms with E-state index in [0.717, 1.165) is 37.6 Å². The Morgan fingerprint density at radius 2 is 2.04 bits per heavy atom. The van der Waals surface area contributed by atoms with Crippen LogP contribution in [0.15, 0.2) is 61.2 Å². The van der Waals surface area contributed by atoms with Crippen LogP contribution >= 0.6 is 0 Å². The number of carbonyl (C=O) groups is 1. The summed E-state index contributed by atoms with van der Waals surface area (Å²) in [7, 11) is 0. The van der Waals surface area contributed by atoms with Crippen molar-refractivity contribution in [1.29, 1.82) is 0 Å². The van der Waals surface area contributed by atoms with Gasteiger partial charge < -0.3 is 9.80 Å². The van der Waals surface area contributed by atoms with Crippen molar-refractivity contribution in [3.05, 3.63) is 72.4 Å². The van der Waals surface area contributed by atoms with E-state index < -0.39 is 0 Å². The number of aryl methyl sites for hydroxylation is 1. The summed E-state index contributed by atoms with van der Waals surface area (Å²) < 4.78 is 0. The highest BCUT2D eigenvalue weighted by molar-refractivity contribution is 5.88. The van der Waals surface area contributed by atoms with Crippen molar-refractivity contribution in [3.8, 4) is 0 Å². The first-order chi connectivity index (χ1) is 12.6. The third-order valence-electron chi connectivity index (χ3n) is 5.83. The molecule has 3 heterocycles. The van der Waals surface area contributed by atoms with Crippen LogP contribution in [0.4, 0.5) is 5.82 Å². The lowest BCUT2D eigenvalue weighted by Crippen LogP contribution is -2.39. The zero-order valence-corrected chi connectivity index (χ0v) is 15.3. The monoisotopic (exact) mass is 347 g/mol. The number of benzene rings is 1. The molecule has 0 N–H and O–H groups in total. The molecule has 1 aromatic carbocycles. The van der Waals surface area contributed by atoms with Gasteiger partial charge in [0, 0.05) is 37.8 Å². The van der Waals surface area contributed by atoms with E-state index in [1.807, 2.05) is 36.1 Å². The summed E-state index contributed by atoms with van der Waals surface area (Å²) in [6.07, 6.45) is 2.71. The highest BCUT2D eigenvalue weighted by atomic mass is 16.2. The molecule has 2 aromatic rings. The molecular weight excluding hydrogens is 322 g/mol. The van der Waals surface area contributed by atoms with Crippen LogP contribution < -0.4 is 4.90 Å². The molecule has 2 atom stereocenters. The normalized spacial score (nSPS) is 25.3. The number of nitrogens with zero attached hydrogens (tertiary/aromatic N) is 3. The fourth-order valence-electron chi connectivity index (χ4n) is 4.56. The van der Waals surface area contributed by atoms with Crippen molar-refractivity contribution in [3.63, 3.8) is 0 Å².